The van der Waals surface area contributed by atoms with E-state index >= 15 is 0 Å². The van der Waals surface area contributed by atoms with E-state index in [0.717, 1.165) is 10.6 Å². The Kier molecular flexibility index (Phi) is 7.37. The summed E-state index contributed by atoms with van der Waals surface area (Å²) >= 11 is 6.05. The smallest absolute Gasteiger partial charge is 0.247 e. The minimum absolute atomic E-state index is 0.0177. The summed E-state index contributed by atoms with van der Waals surface area (Å²) in [6.45, 7) is 5.29. The van der Waals surface area contributed by atoms with Crippen LogP contribution in [0.4, 0.5) is 11.4 Å². The fourth-order valence-corrected chi connectivity index (χ4v) is 4.12. The maximum atomic E-state index is 12.9. The molecule has 1 amide bonds. The zero-order valence-electron chi connectivity index (χ0n) is 17.0. The molecule has 2 aromatic carbocycles. The molecular weight excluding hydrogens is 416 g/mol. The molecule has 2 aromatic rings. The van der Waals surface area contributed by atoms with Crippen molar-refractivity contribution in [3.05, 3.63) is 47.5 Å². The highest BCUT2D eigenvalue weighted by molar-refractivity contribution is 7.92. The molecule has 0 heterocycles. The van der Waals surface area contributed by atoms with Crippen molar-refractivity contribution in [3.8, 4) is 11.5 Å². The molecule has 1 atom stereocenters. The molecule has 29 heavy (non-hydrogen) atoms. The zero-order valence-corrected chi connectivity index (χ0v) is 18.5. The van der Waals surface area contributed by atoms with Gasteiger partial charge in [0.25, 0.3) is 0 Å². The quantitative estimate of drug-likeness (QED) is 0.672. The number of nitrogens with zero attached hydrogens (tertiary/aromatic N) is 1. The predicted molar refractivity (Wildman–Crippen MR) is 116 cm³/mol. The van der Waals surface area contributed by atoms with E-state index in [1.165, 1.54) is 20.1 Å². The molecule has 0 saturated carbocycles. The lowest BCUT2D eigenvalue weighted by molar-refractivity contribution is -0.116. The monoisotopic (exact) mass is 440 g/mol. The van der Waals surface area contributed by atoms with Crippen molar-refractivity contribution in [3.63, 3.8) is 0 Å². The lowest BCUT2D eigenvalue weighted by atomic mass is 10.2. The van der Waals surface area contributed by atoms with Crippen molar-refractivity contribution in [2.75, 3.05) is 23.0 Å². The van der Waals surface area contributed by atoms with E-state index in [0.29, 0.717) is 16.5 Å². The van der Waals surface area contributed by atoms with E-state index in [9.17, 15) is 13.2 Å². The fourth-order valence-electron chi connectivity index (χ4n) is 2.78. The van der Waals surface area contributed by atoms with Gasteiger partial charge in [0.05, 0.1) is 25.2 Å². The molecule has 9 heteroatoms. The Morgan fingerprint density at radius 1 is 1.14 bits per heavy atom. The third kappa shape index (κ3) is 6.01. The summed E-state index contributed by atoms with van der Waals surface area (Å²) in [4.78, 5) is 12.9. The van der Waals surface area contributed by atoms with Crippen LogP contribution in [0.25, 0.3) is 0 Å². The Balaban J connectivity index is 2.35. The average molecular weight is 441 g/mol. The minimum Gasteiger partial charge on any atom is -0.495 e. The molecule has 0 aliphatic rings. The summed E-state index contributed by atoms with van der Waals surface area (Å²) in [7, 11) is -2.40. The molecular formula is C20H25ClN2O5S. The molecule has 0 fully saturated rings. The normalized spacial score (nSPS) is 12.4. The van der Waals surface area contributed by atoms with Crippen LogP contribution in [0.1, 0.15) is 20.8 Å². The van der Waals surface area contributed by atoms with Gasteiger partial charge in [-0.1, -0.05) is 17.7 Å². The highest BCUT2D eigenvalue weighted by Gasteiger charge is 2.31. The second-order valence-electron chi connectivity index (χ2n) is 6.73. The van der Waals surface area contributed by atoms with Gasteiger partial charge in [-0.05, 0) is 51.1 Å². The molecule has 1 N–H and O–H groups in total. The van der Waals surface area contributed by atoms with E-state index < -0.39 is 22.0 Å². The highest BCUT2D eigenvalue weighted by atomic mass is 35.5. The van der Waals surface area contributed by atoms with Gasteiger partial charge in [-0.3, -0.25) is 9.10 Å². The number of amides is 1. The number of rotatable bonds is 8. The number of hydrogen-bond acceptors (Lipinski definition) is 5. The van der Waals surface area contributed by atoms with Crippen LogP contribution < -0.4 is 19.1 Å². The Morgan fingerprint density at radius 2 is 1.83 bits per heavy atom. The van der Waals surface area contributed by atoms with E-state index in [-0.39, 0.29) is 17.5 Å². The molecule has 2 rings (SSSR count). The number of hydrogen-bond donors (Lipinski definition) is 1. The fraction of sp³-hybridized carbons (Fsp3) is 0.350. The number of sulfonamides is 1. The average Bonchev–Trinajstić information content (AvgIpc) is 2.60. The zero-order chi connectivity index (χ0) is 21.8. The lowest BCUT2D eigenvalue weighted by Gasteiger charge is -2.29. The topological polar surface area (TPSA) is 84.9 Å². The van der Waals surface area contributed by atoms with E-state index in [2.05, 4.69) is 5.32 Å². The van der Waals surface area contributed by atoms with Crippen LogP contribution in [0.15, 0.2) is 42.5 Å². The van der Waals surface area contributed by atoms with Crippen LogP contribution in [-0.2, 0) is 14.8 Å². The molecule has 0 aromatic heterocycles. The number of halogens is 1. The van der Waals surface area contributed by atoms with Gasteiger partial charge >= 0.3 is 0 Å². The van der Waals surface area contributed by atoms with Gasteiger partial charge in [-0.25, -0.2) is 8.42 Å². The Morgan fingerprint density at radius 3 is 2.41 bits per heavy atom. The van der Waals surface area contributed by atoms with Gasteiger partial charge in [0.15, 0.2) is 0 Å². The largest absolute Gasteiger partial charge is 0.495 e. The molecule has 0 radical (unpaired) electrons. The van der Waals surface area contributed by atoms with Crippen molar-refractivity contribution in [1.29, 1.82) is 0 Å². The van der Waals surface area contributed by atoms with E-state index in [1.54, 1.807) is 36.4 Å². The van der Waals surface area contributed by atoms with Gasteiger partial charge in [0, 0.05) is 16.8 Å². The van der Waals surface area contributed by atoms with Crippen LogP contribution in [0.3, 0.4) is 0 Å². The van der Waals surface area contributed by atoms with Crippen molar-refractivity contribution in [2.45, 2.75) is 32.9 Å². The summed E-state index contributed by atoms with van der Waals surface area (Å²) in [5.74, 6) is 0.368. The number of carbonyl (C=O) groups excluding carboxylic acids is 1. The molecule has 0 spiro atoms. The number of carbonyl (C=O) groups is 1. The third-order valence-corrected chi connectivity index (χ3v) is 5.40. The van der Waals surface area contributed by atoms with E-state index in [4.69, 9.17) is 21.1 Å². The van der Waals surface area contributed by atoms with Crippen LogP contribution >= 0.6 is 11.6 Å². The number of ether oxygens (including phenoxy) is 2. The van der Waals surface area contributed by atoms with Gasteiger partial charge in [0.2, 0.25) is 15.9 Å². The number of methoxy groups -OCH3 is 1. The number of benzene rings is 2. The molecule has 158 valence electrons. The van der Waals surface area contributed by atoms with Gasteiger partial charge < -0.3 is 14.8 Å². The number of nitrogens with one attached hydrogen (secondary N) is 1. The third-order valence-electron chi connectivity index (χ3n) is 3.94. The van der Waals surface area contributed by atoms with Crippen molar-refractivity contribution in [2.24, 2.45) is 0 Å². The number of anilines is 2. The van der Waals surface area contributed by atoms with Gasteiger partial charge in [-0.15, -0.1) is 0 Å². The van der Waals surface area contributed by atoms with E-state index in [1.807, 2.05) is 13.8 Å². The maximum Gasteiger partial charge on any atom is 0.247 e. The van der Waals surface area contributed by atoms with Crippen LogP contribution in [-0.4, -0.2) is 39.8 Å². The second kappa shape index (κ2) is 9.37. The first-order valence-electron chi connectivity index (χ1n) is 8.93. The van der Waals surface area contributed by atoms with Crippen molar-refractivity contribution < 1.29 is 22.7 Å². The Labute approximate surface area is 176 Å². The highest BCUT2D eigenvalue weighted by Crippen LogP contribution is 2.34. The summed E-state index contributed by atoms with van der Waals surface area (Å²) in [6.07, 6.45) is 1.00. The van der Waals surface area contributed by atoms with Crippen LogP contribution in [0.2, 0.25) is 5.02 Å². The van der Waals surface area contributed by atoms with Gasteiger partial charge in [-0.2, -0.15) is 0 Å². The predicted octanol–water partition coefficient (Wildman–Crippen LogP) is 3.93. The van der Waals surface area contributed by atoms with Crippen molar-refractivity contribution in [1.82, 2.24) is 0 Å². The Bertz CT molecular complexity index is 979. The molecule has 0 saturated heterocycles. The first-order valence-corrected chi connectivity index (χ1v) is 11.2. The van der Waals surface area contributed by atoms with Crippen molar-refractivity contribution >= 4 is 38.9 Å². The Hall–Kier alpha value is -2.45. The molecule has 0 aliphatic carbocycles. The standard InChI is InChI=1S/C20H25ClN2O5S/c1-13(2)28-17-8-6-7-16(12-17)22-20(24)14(3)23(29(5,25)26)18-11-15(21)9-10-19(18)27-4/h6-14H,1-5H3,(H,22,24)/t14-/m1/s1. The summed E-state index contributed by atoms with van der Waals surface area (Å²) < 4.78 is 36.9. The molecule has 7 nitrogen and oxygen atoms in total. The SMILES string of the molecule is COc1ccc(Cl)cc1N([C@H](C)C(=O)Nc1cccc(OC(C)C)c1)S(C)(=O)=O. The summed E-state index contributed by atoms with van der Waals surface area (Å²) in [5.41, 5.74) is 0.675. The minimum atomic E-state index is -3.82. The summed E-state index contributed by atoms with van der Waals surface area (Å²) in [6, 6.07) is 10.4. The second-order valence-corrected chi connectivity index (χ2v) is 9.03. The maximum absolute atomic E-state index is 12.9. The van der Waals surface area contributed by atoms with Crippen LogP contribution in [0.5, 0.6) is 11.5 Å². The molecule has 0 bridgehead atoms. The molecule has 0 unspecified atom stereocenters. The molecule has 0 aliphatic heterocycles. The van der Waals surface area contributed by atoms with Crippen LogP contribution in [0, 0.1) is 0 Å². The lowest BCUT2D eigenvalue weighted by Crippen LogP contribution is -2.45. The summed E-state index contributed by atoms with van der Waals surface area (Å²) in [5, 5.41) is 3.05. The first-order chi connectivity index (χ1) is 13.5. The van der Waals surface area contributed by atoms with Gasteiger partial charge in [0.1, 0.15) is 17.5 Å². The first kappa shape index (κ1) is 22.8.